The Labute approximate surface area is 124 Å². The number of nitrogens with zero attached hydrogens (tertiary/aromatic N) is 1. The maximum Gasteiger partial charge on any atom is 0.0777 e. The van der Waals surface area contributed by atoms with E-state index in [1.54, 1.807) is 0 Å². The van der Waals surface area contributed by atoms with Gasteiger partial charge in [0.1, 0.15) is 0 Å². The van der Waals surface area contributed by atoms with E-state index in [1.165, 1.54) is 11.4 Å². The molecule has 3 N–H and O–H groups in total. The highest BCUT2D eigenvalue weighted by molar-refractivity contribution is 5.82. The van der Waals surface area contributed by atoms with Gasteiger partial charge in [0, 0.05) is 17.1 Å². The van der Waals surface area contributed by atoms with E-state index in [2.05, 4.69) is 64.8 Å². The molecule has 2 aromatic carbocycles. The van der Waals surface area contributed by atoms with Crippen molar-refractivity contribution in [2.45, 2.75) is 12.5 Å². The first-order valence-corrected chi connectivity index (χ1v) is 7.20. The quantitative estimate of drug-likeness (QED) is 0.833. The van der Waals surface area contributed by atoms with Gasteiger partial charge in [-0.3, -0.25) is 0 Å². The predicted octanol–water partition coefficient (Wildman–Crippen LogP) is 3.75. The highest BCUT2D eigenvalue weighted by Crippen LogP contribution is 2.42. The first-order valence-electron chi connectivity index (χ1n) is 7.20. The summed E-state index contributed by atoms with van der Waals surface area (Å²) in [6.45, 7) is 0. The number of para-hydroxylation sites is 3. The highest BCUT2D eigenvalue weighted by Gasteiger charge is 2.31. The fourth-order valence-electron chi connectivity index (χ4n) is 3.09. The van der Waals surface area contributed by atoms with Gasteiger partial charge in [-0.2, -0.15) is 0 Å². The molecule has 0 saturated carbocycles. The maximum atomic E-state index is 5.97. The number of nitrogens with two attached hydrogens (primary N) is 1. The second-order valence-electron chi connectivity index (χ2n) is 5.40. The molecule has 2 aromatic rings. The molecule has 1 unspecified atom stereocenters. The topological polar surface area (TPSA) is 41.3 Å². The number of hydrogen-bond acceptors (Lipinski definition) is 3. The maximum absolute atomic E-state index is 5.97. The van der Waals surface area contributed by atoms with Gasteiger partial charge in [0.2, 0.25) is 0 Å². The van der Waals surface area contributed by atoms with Crippen molar-refractivity contribution in [3.63, 3.8) is 0 Å². The lowest BCUT2D eigenvalue weighted by Gasteiger charge is -2.42. The molecule has 21 heavy (non-hydrogen) atoms. The molecule has 2 aliphatic rings. The minimum absolute atomic E-state index is 0.273. The van der Waals surface area contributed by atoms with Crippen molar-refractivity contribution in [3.8, 4) is 0 Å². The molecule has 0 radical (unpaired) electrons. The summed E-state index contributed by atoms with van der Waals surface area (Å²) < 4.78 is 0. The molecule has 4 rings (SSSR count). The third-order valence-corrected chi connectivity index (χ3v) is 4.05. The van der Waals surface area contributed by atoms with Gasteiger partial charge in [0.25, 0.3) is 0 Å². The first-order chi connectivity index (χ1) is 10.3. The van der Waals surface area contributed by atoms with E-state index >= 15 is 0 Å². The average Bonchev–Trinajstić information content (AvgIpc) is 2.53. The summed E-state index contributed by atoms with van der Waals surface area (Å²) in [5, 5.41) is 3.53. The summed E-state index contributed by atoms with van der Waals surface area (Å²) in [6.07, 6.45) is 5.05. The SMILES string of the molecule is NC1=CCC2C(=C1)Nc1ccccc1N2c1ccccc1. The molecule has 3 heteroatoms. The van der Waals surface area contributed by atoms with Crippen LogP contribution in [0, 0.1) is 0 Å². The van der Waals surface area contributed by atoms with Gasteiger partial charge in [-0.05, 0) is 36.8 Å². The van der Waals surface area contributed by atoms with Gasteiger partial charge >= 0.3 is 0 Å². The molecule has 1 aliphatic heterocycles. The fourth-order valence-corrected chi connectivity index (χ4v) is 3.09. The Morgan fingerprint density at radius 2 is 1.76 bits per heavy atom. The molecule has 0 saturated heterocycles. The molecule has 0 spiro atoms. The second-order valence-corrected chi connectivity index (χ2v) is 5.40. The van der Waals surface area contributed by atoms with Gasteiger partial charge in [0.15, 0.2) is 0 Å². The summed E-state index contributed by atoms with van der Waals surface area (Å²) in [5.74, 6) is 0. The van der Waals surface area contributed by atoms with Crippen LogP contribution in [-0.2, 0) is 0 Å². The van der Waals surface area contributed by atoms with Crippen LogP contribution in [0.15, 0.2) is 78.1 Å². The van der Waals surface area contributed by atoms with Gasteiger partial charge in [-0.15, -0.1) is 0 Å². The summed E-state index contributed by atoms with van der Waals surface area (Å²) in [7, 11) is 0. The predicted molar refractivity (Wildman–Crippen MR) is 87.4 cm³/mol. The second kappa shape index (κ2) is 4.70. The molecule has 1 heterocycles. The van der Waals surface area contributed by atoms with Crippen LogP contribution < -0.4 is 16.0 Å². The van der Waals surface area contributed by atoms with Crippen LogP contribution in [0.5, 0.6) is 0 Å². The van der Waals surface area contributed by atoms with Gasteiger partial charge in [0.05, 0.1) is 17.4 Å². The van der Waals surface area contributed by atoms with Crippen molar-refractivity contribution in [3.05, 3.63) is 78.1 Å². The van der Waals surface area contributed by atoms with E-state index in [4.69, 9.17) is 5.73 Å². The highest BCUT2D eigenvalue weighted by atomic mass is 15.2. The Kier molecular flexibility index (Phi) is 2.71. The zero-order chi connectivity index (χ0) is 14.2. The molecular formula is C18H17N3. The van der Waals surface area contributed by atoms with Crippen LogP contribution in [0.3, 0.4) is 0 Å². The van der Waals surface area contributed by atoms with Crippen molar-refractivity contribution < 1.29 is 0 Å². The number of benzene rings is 2. The first kappa shape index (κ1) is 12.1. The molecule has 3 nitrogen and oxygen atoms in total. The Balaban J connectivity index is 1.89. The third-order valence-electron chi connectivity index (χ3n) is 4.05. The lowest BCUT2D eigenvalue weighted by molar-refractivity contribution is 0.726. The van der Waals surface area contributed by atoms with E-state index in [-0.39, 0.29) is 6.04 Å². The summed E-state index contributed by atoms with van der Waals surface area (Å²) in [5.41, 5.74) is 11.5. The monoisotopic (exact) mass is 275 g/mol. The van der Waals surface area contributed by atoms with E-state index in [0.717, 1.165) is 23.5 Å². The van der Waals surface area contributed by atoms with E-state index in [1.807, 2.05) is 12.1 Å². The zero-order valence-electron chi connectivity index (χ0n) is 11.7. The minimum atomic E-state index is 0.273. The van der Waals surface area contributed by atoms with Crippen LogP contribution in [0.25, 0.3) is 0 Å². The largest absolute Gasteiger partial charge is 0.399 e. The smallest absolute Gasteiger partial charge is 0.0777 e. The number of nitrogens with one attached hydrogen (secondary N) is 1. The standard InChI is InChI=1S/C18H17N3/c19-13-10-11-18-16(12-13)20-15-8-4-5-9-17(15)21(18)14-6-2-1-3-7-14/h1-10,12,18,20H,11,19H2. The molecule has 0 aromatic heterocycles. The van der Waals surface area contributed by atoms with Crippen molar-refractivity contribution in [2.24, 2.45) is 5.73 Å². The van der Waals surface area contributed by atoms with Crippen molar-refractivity contribution in [2.75, 3.05) is 10.2 Å². The normalized spacial score (nSPS) is 19.8. The van der Waals surface area contributed by atoms with E-state index < -0.39 is 0 Å². The molecule has 0 amide bonds. The lowest BCUT2D eigenvalue weighted by Crippen LogP contribution is -2.40. The Morgan fingerprint density at radius 1 is 1.00 bits per heavy atom. The van der Waals surface area contributed by atoms with Crippen molar-refractivity contribution in [1.82, 2.24) is 0 Å². The van der Waals surface area contributed by atoms with E-state index in [0.29, 0.717) is 0 Å². The summed E-state index contributed by atoms with van der Waals surface area (Å²) in [6, 6.07) is 19.2. The van der Waals surface area contributed by atoms with Crippen molar-refractivity contribution in [1.29, 1.82) is 0 Å². The van der Waals surface area contributed by atoms with Crippen LogP contribution in [-0.4, -0.2) is 6.04 Å². The molecule has 0 fully saturated rings. The summed E-state index contributed by atoms with van der Waals surface area (Å²) in [4.78, 5) is 2.39. The lowest BCUT2D eigenvalue weighted by atomic mass is 9.96. The number of rotatable bonds is 1. The van der Waals surface area contributed by atoms with Crippen LogP contribution in [0.2, 0.25) is 0 Å². The minimum Gasteiger partial charge on any atom is -0.399 e. The summed E-state index contributed by atoms with van der Waals surface area (Å²) >= 11 is 0. The number of anilines is 3. The van der Waals surface area contributed by atoms with Crippen molar-refractivity contribution >= 4 is 17.1 Å². The van der Waals surface area contributed by atoms with Crippen LogP contribution in [0.1, 0.15) is 6.42 Å². The Hall–Kier alpha value is -2.68. The van der Waals surface area contributed by atoms with Gasteiger partial charge < -0.3 is 16.0 Å². The number of allylic oxidation sites excluding steroid dienone is 1. The molecule has 1 aliphatic carbocycles. The third kappa shape index (κ3) is 1.98. The zero-order valence-corrected chi connectivity index (χ0v) is 11.7. The molecule has 0 bridgehead atoms. The fraction of sp³-hybridized carbons (Fsp3) is 0.111. The average molecular weight is 275 g/mol. The molecule has 104 valence electrons. The van der Waals surface area contributed by atoms with Crippen LogP contribution in [0.4, 0.5) is 17.1 Å². The van der Waals surface area contributed by atoms with E-state index in [9.17, 15) is 0 Å². The van der Waals surface area contributed by atoms with Gasteiger partial charge in [-0.25, -0.2) is 0 Å². The Bertz CT molecular complexity index is 731. The number of hydrogen-bond donors (Lipinski definition) is 2. The molecule has 1 atom stereocenters. The number of fused-ring (bicyclic) bond motifs is 2. The van der Waals surface area contributed by atoms with Crippen LogP contribution >= 0.6 is 0 Å². The van der Waals surface area contributed by atoms with Gasteiger partial charge in [-0.1, -0.05) is 36.4 Å². The molecular weight excluding hydrogens is 258 g/mol. The Morgan fingerprint density at radius 3 is 2.62 bits per heavy atom.